The summed E-state index contributed by atoms with van der Waals surface area (Å²) in [7, 11) is 0. The van der Waals surface area contributed by atoms with Crippen molar-refractivity contribution < 1.29 is 49.0 Å². The van der Waals surface area contributed by atoms with Crippen molar-refractivity contribution in [3.8, 4) is 5.75 Å². The molecule has 0 unspecified atom stereocenters. The van der Waals surface area contributed by atoms with Crippen molar-refractivity contribution in [3.05, 3.63) is 41.0 Å². The molecule has 0 N–H and O–H groups in total. The third-order valence-corrected chi connectivity index (χ3v) is 3.21. The molecular weight excluding hydrogens is 267 g/mol. The molecule has 0 fully saturated rings. The number of Topliss-reactive ketones (excluding diaryl/α,β-unsaturated/α-hetero) is 1. The van der Waals surface area contributed by atoms with Gasteiger partial charge in [0.05, 0.1) is 0 Å². The summed E-state index contributed by atoms with van der Waals surface area (Å²) in [5, 5.41) is 12.0. The van der Waals surface area contributed by atoms with Gasteiger partial charge in [-0.25, -0.2) is 0 Å². The van der Waals surface area contributed by atoms with Gasteiger partial charge in [0.2, 0.25) is 11.6 Å². The first-order chi connectivity index (χ1) is 8.89. The Morgan fingerprint density at radius 1 is 1.20 bits per heavy atom. The second-order valence-electron chi connectivity index (χ2n) is 5.14. The van der Waals surface area contributed by atoms with E-state index < -0.39 is 22.9 Å². The molecule has 1 heterocycles. The Morgan fingerprint density at radius 3 is 2.60 bits per heavy atom. The standard InChI is InChI=1S/C15H12O4.Na/c1-15(2)6-5-8-12(19-15)4-3-9-13(8)10(16)7-11(17)14(9)18;/h3-7,16H,1-2H3;/q;+1/p-1. The molecule has 0 saturated heterocycles. The van der Waals surface area contributed by atoms with E-state index in [0.29, 0.717) is 11.3 Å². The van der Waals surface area contributed by atoms with E-state index in [1.54, 1.807) is 12.1 Å². The zero-order chi connectivity index (χ0) is 13.8. The Bertz CT molecular complexity index is 683. The Morgan fingerprint density at radius 2 is 1.90 bits per heavy atom. The van der Waals surface area contributed by atoms with Gasteiger partial charge in [0.25, 0.3) is 0 Å². The molecule has 5 heteroatoms. The van der Waals surface area contributed by atoms with Gasteiger partial charge in [-0.2, -0.15) is 0 Å². The van der Waals surface area contributed by atoms with E-state index in [2.05, 4.69) is 0 Å². The topological polar surface area (TPSA) is 66.4 Å². The van der Waals surface area contributed by atoms with Crippen LogP contribution in [-0.4, -0.2) is 17.2 Å². The fraction of sp³-hybridized carbons (Fsp3) is 0.200. The first-order valence-electron chi connectivity index (χ1n) is 5.92. The summed E-state index contributed by atoms with van der Waals surface area (Å²) < 4.78 is 5.75. The molecule has 0 saturated carbocycles. The number of carbonyl (C=O) groups excluding carboxylic acids is 2. The van der Waals surface area contributed by atoms with E-state index in [4.69, 9.17) is 4.74 Å². The maximum Gasteiger partial charge on any atom is 1.00 e. The first kappa shape index (κ1) is 15.0. The van der Waals surface area contributed by atoms with Crippen LogP contribution >= 0.6 is 0 Å². The van der Waals surface area contributed by atoms with E-state index in [9.17, 15) is 14.7 Å². The number of benzene rings is 1. The summed E-state index contributed by atoms with van der Waals surface area (Å²) in [6, 6.07) is 3.11. The molecule has 1 aliphatic heterocycles. The minimum Gasteiger partial charge on any atom is -0.872 e. The minimum atomic E-state index is -0.765. The van der Waals surface area contributed by atoms with Gasteiger partial charge in [-0.05, 0) is 43.7 Å². The largest absolute Gasteiger partial charge is 1.00 e. The molecule has 0 spiro atoms. The van der Waals surface area contributed by atoms with Crippen molar-refractivity contribution in [2.45, 2.75) is 19.4 Å². The summed E-state index contributed by atoms with van der Waals surface area (Å²) in [6.45, 7) is 3.79. The molecule has 1 aliphatic carbocycles. The van der Waals surface area contributed by atoms with Gasteiger partial charge in [0, 0.05) is 11.1 Å². The number of ketones is 2. The molecule has 0 aromatic heterocycles. The average Bonchev–Trinajstić information content (AvgIpc) is 2.33. The zero-order valence-corrected chi connectivity index (χ0v) is 13.5. The average molecular weight is 278 g/mol. The van der Waals surface area contributed by atoms with E-state index in [1.807, 2.05) is 19.9 Å². The number of rotatable bonds is 0. The van der Waals surface area contributed by atoms with Gasteiger partial charge >= 0.3 is 29.6 Å². The molecule has 1 aromatic rings. The second-order valence-corrected chi connectivity index (χ2v) is 5.14. The van der Waals surface area contributed by atoms with E-state index >= 15 is 0 Å². The fourth-order valence-corrected chi connectivity index (χ4v) is 2.30. The number of allylic oxidation sites excluding steroid dienone is 1. The third kappa shape index (κ3) is 2.24. The van der Waals surface area contributed by atoms with Crippen LogP contribution < -0.4 is 39.4 Å². The fourth-order valence-electron chi connectivity index (χ4n) is 2.30. The van der Waals surface area contributed by atoms with E-state index in [-0.39, 0.29) is 40.7 Å². The number of carbonyl (C=O) groups is 2. The molecule has 3 rings (SSSR count). The number of ether oxygens (including phenoxy) is 1. The summed E-state index contributed by atoms with van der Waals surface area (Å²) >= 11 is 0. The number of hydrogen-bond acceptors (Lipinski definition) is 4. The van der Waals surface area contributed by atoms with Crippen molar-refractivity contribution in [3.63, 3.8) is 0 Å². The van der Waals surface area contributed by atoms with Crippen molar-refractivity contribution in [1.82, 2.24) is 0 Å². The molecule has 96 valence electrons. The van der Waals surface area contributed by atoms with Crippen LogP contribution in [0.4, 0.5) is 0 Å². The van der Waals surface area contributed by atoms with Crippen molar-refractivity contribution in [2.24, 2.45) is 0 Å². The second kappa shape index (κ2) is 4.88. The Labute approximate surface area is 138 Å². The molecule has 20 heavy (non-hydrogen) atoms. The molecule has 2 aliphatic rings. The Kier molecular flexibility index (Phi) is 3.67. The molecule has 0 radical (unpaired) electrons. The summed E-state index contributed by atoms with van der Waals surface area (Å²) in [4.78, 5) is 23.1. The summed E-state index contributed by atoms with van der Waals surface area (Å²) in [5.41, 5.74) is 0.527. The van der Waals surface area contributed by atoms with Crippen LogP contribution in [0.25, 0.3) is 11.8 Å². The van der Waals surface area contributed by atoms with E-state index in [0.717, 1.165) is 6.08 Å². The zero-order valence-electron chi connectivity index (χ0n) is 11.5. The van der Waals surface area contributed by atoms with Gasteiger partial charge in [-0.1, -0.05) is 11.8 Å². The normalized spacial score (nSPS) is 18.4. The summed E-state index contributed by atoms with van der Waals surface area (Å²) in [5.74, 6) is -1.30. The van der Waals surface area contributed by atoms with Crippen LogP contribution in [0.15, 0.2) is 24.3 Å². The van der Waals surface area contributed by atoms with Gasteiger partial charge in [0.15, 0.2) is 0 Å². The van der Waals surface area contributed by atoms with E-state index in [1.165, 1.54) is 6.07 Å². The Hall–Kier alpha value is -1.36. The molecular formula is C15H11NaO4. The SMILES string of the molecule is CC1(C)C=Cc2c(ccc3c2C([O-])=CC(=O)C3=O)O1.[Na+]. The van der Waals surface area contributed by atoms with Crippen LogP contribution in [-0.2, 0) is 4.79 Å². The van der Waals surface area contributed by atoms with Gasteiger partial charge in [-0.3, -0.25) is 9.59 Å². The molecule has 0 atom stereocenters. The third-order valence-electron chi connectivity index (χ3n) is 3.21. The monoisotopic (exact) mass is 278 g/mol. The maximum absolute atomic E-state index is 12.0. The van der Waals surface area contributed by atoms with Crippen LogP contribution in [0.1, 0.15) is 35.3 Å². The van der Waals surface area contributed by atoms with Gasteiger partial charge < -0.3 is 9.84 Å². The quantitative estimate of drug-likeness (QED) is 0.421. The van der Waals surface area contributed by atoms with Crippen LogP contribution in [0.5, 0.6) is 5.75 Å². The van der Waals surface area contributed by atoms with Crippen LogP contribution in [0, 0.1) is 0 Å². The number of fused-ring (bicyclic) bond motifs is 3. The maximum atomic E-state index is 12.0. The predicted molar refractivity (Wildman–Crippen MR) is 67.5 cm³/mol. The summed E-state index contributed by atoms with van der Waals surface area (Å²) in [6.07, 6.45) is 4.44. The van der Waals surface area contributed by atoms with Crippen molar-refractivity contribution in [1.29, 1.82) is 0 Å². The van der Waals surface area contributed by atoms with Crippen molar-refractivity contribution in [2.75, 3.05) is 0 Å². The van der Waals surface area contributed by atoms with Crippen LogP contribution in [0.3, 0.4) is 0 Å². The van der Waals surface area contributed by atoms with Crippen molar-refractivity contribution >= 4 is 23.4 Å². The number of hydrogen-bond donors (Lipinski definition) is 0. The van der Waals surface area contributed by atoms with Gasteiger partial charge in [-0.15, -0.1) is 0 Å². The van der Waals surface area contributed by atoms with Gasteiger partial charge in [0.1, 0.15) is 11.4 Å². The smallest absolute Gasteiger partial charge is 0.872 e. The molecule has 4 nitrogen and oxygen atoms in total. The molecule has 1 aromatic carbocycles. The molecule has 0 bridgehead atoms. The minimum absolute atomic E-state index is 0. The molecule has 0 amide bonds. The predicted octanol–water partition coefficient (Wildman–Crippen LogP) is -1.66. The van der Waals surface area contributed by atoms with Crippen LogP contribution in [0.2, 0.25) is 0 Å². The first-order valence-corrected chi connectivity index (χ1v) is 5.92. The Balaban J connectivity index is 0.00000147.